The van der Waals surface area contributed by atoms with Crippen LogP contribution in [0.25, 0.3) is 21.9 Å². The summed E-state index contributed by atoms with van der Waals surface area (Å²) in [6.45, 7) is 6.79. The molecule has 2 aromatic heterocycles. The molecule has 172 valence electrons. The number of carbonyl (C=O) groups is 1. The van der Waals surface area contributed by atoms with Gasteiger partial charge >= 0.3 is 0 Å². The number of anilines is 1. The number of rotatable bonds is 8. The summed E-state index contributed by atoms with van der Waals surface area (Å²) in [5.74, 6) is 2.73. The summed E-state index contributed by atoms with van der Waals surface area (Å²) in [6.07, 6.45) is 0.930. The summed E-state index contributed by atoms with van der Waals surface area (Å²) in [5.41, 5.74) is 8.52. The molecule has 3 aromatic rings. The van der Waals surface area contributed by atoms with Gasteiger partial charge in [0, 0.05) is 53.9 Å². The van der Waals surface area contributed by atoms with Gasteiger partial charge in [-0.25, -0.2) is 9.97 Å². The molecule has 0 aliphatic carbocycles. The predicted octanol–water partition coefficient (Wildman–Crippen LogP) is 2.08. The zero-order valence-electron chi connectivity index (χ0n) is 18.5. The summed E-state index contributed by atoms with van der Waals surface area (Å²) in [4.78, 5) is 23.4. The average molecular weight is 460 g/mol. The number of nitrogens with zero attached hydrogens (tertiary/aromatic N) is 4. The molecule has 1 saturated heterocycles. The lowest BCUT2D eigenvalue weighted by atomic mass is 10.1. The number of amides is 1. The number of nitrogens with two attached hydrogens (primary N) is 1. The highest BCUT2D eigenvalue weighted by Gasteiger charge is 2.21. The van der Waals surface area contributed by atoms with Crippen LogP contribution in [-0.4, -0.2) is 67.4 Å². The van der Waals surface area contributed by atoms with E-state index in [1.54, 1.807) is 11.0 Å². The van der Waals surface area contributed by atoms with E-state index >= 15 is 0 Å². The summed E-state index contributed by atoms with van der Waals surface area (Å²) in [6, 6.07) is 5.53. The maximum absolute atomic E-state index is 12.5. The van der Waals surface area contributed by atoms with Gasteiger partial charge in [-0.1, -0.05) is 6.92 Å². The quantitative estimate of drug-likeness (QED) is 0.549. The zero-order chi connectivity index (χ0) is 22.7. The molecular formula is C22H29N5O4S. The molecule has 1 aliphatic rings. The average Bonchev–Trinajstić information content (AvgIpc) is 3.16. The first-order chi connectivity index (χ1) is 15.5. The van der Waals surface area contributed by atoms with Crippen LogP contribution >= 0.6 is 0 Å². The lowest BCUT2D eigenvalue weighted by Gasteiger charge is -2.26. The number of pyridine rings is 1. The first kappa shape index (κ1) is 22.5. The van der Waals surface area contributed by atoms with E-state index in [-0.39, 0.29) is 12.5 Å². The van der Waals surface area contributed by atoms with Gasteiger partial charge in [0.15, 0.2) is 12.4 Å². The molecule has 1 aliphatic heterocycles. The lowest BCUT2D eigenvalue weighted by Crippen LogP contribution is -2.43. The van der Waals surface area contributed by atoms with Gasteiger partial charge in [0.05, 0.1) is 11.0 Å². The Morgan fingerprint density at radius 3 is 2.72 bits per heavy atom. The number of aryl methyl sites for hydroxylation is 1. The maximum atomic E-state index is 12.5. The first-order valence-corrected chi connectivity index (χ1v) is 12.4. The second kappa shape index (κ2) is 9.83. The summed E-state index contributed by atoms with van der Waals surface area (Å²) < 4.78 is 25.1. The molecule has 0 atom stereocenters. The Morgan fingerprint density at radius 1 is 1.22 bits per heavy atom. The van der Waals surface area contributed by atoms with Gasteiger partial charge in [-0.15, -0.1) is 0 Å². The number of ether oxygens (including phenoxy) is 2. The molecule has 9 nitrogen and oxygen atoms in total. The Balaban J connectivity index is 1.65. The fourth-order valence-electron chi connectivity index (χ4n) is 3.92. The van der Waals surface area contributed by atoms with Crippen molar-refractivity contribution >= 4 is 44.5 Å². The van der Waals surface area contributed by atoms with E-state index in [2.05, 4.69) is 16.5 Å². The highest BCUT2D eigenvalue weighted by atomic mass is 32.2. The number of imidazole rings is 1. The molecule has 4 rings (SSSR count). The van der Waals surface area contributed by atoms with Gasteiger partial charge in [0.2, 0.25) is 0 Å². The third-order valence-electron chi connectivity index (χ3n) is 5.53. The van der Waals surface area contributed by atoms with Crippen LogP contribution in [0.1, 0.15) is 26.1 Å². The van der Waals surface area contributed by atoms with Gasteiger partial charge in [-0.3, -0.25) is 9.00 Å². The fourth-order valence-corrected chi connectivity index (χ4v) is 4.97. The molecule has 0 bridgehead atoms. The first-order valence-electron chi connectivity index (χ1n) is 10.9. The SMILES string of the molecule is CCCn1c(COCC)nc2c(N)nc3ccc(OCC(=O)N4CCS(=O)CC4)cc3c21. The third-order valence-corrected chi connectivity index (χ3v) is 6.80. The molecule has 3 heterocycles. The molecule has 0 radical (unpaired) electrons. The topological polar surface area (TPSA) is 113 Å². The minimum absolute atomic E-state index is 0.0620. The summed E-state index contributed by atoms with van der Waals surface area (Å²) in [5, 5.41) is 0.871. The van der Waals surface area contributed by atoms with E-state index in [4.69, 9.17) is 20.2 Å². The van der Waals surface area contributed by atoms with Crippen molar-refractivity contribution in [3.63, 3.8) is 0 Å². The lowest BCUT2D eigenvalue weighted by molar-refractivity contribution is -0.133. The molecule has 2 N–H and O–H groups in total. The van der Waals surface area contributed by atoms with Crippen LogP contribution in [0.3, 0.4) is 0 Å². The van der Waals surface area contributed by atoms with E-state index in [0.29, 0.717) is 54.9 Å². The smallest absolute Gasteiger partial charge is 0.260 e. The van der Waals surface area contributed by atoms with E-state index in [0.717, 1.165) is 35.2 Å². The number of aromatic nitrogens is 3. The van der Waals surface area contributed by atoms with Crippen LogP contribution in [0.4, 0.5) is 5.82 Å². The largest absolute Gasteiger partial charge is 0.484 e. The standard InChI is InChI=1S/C22H29N5O4S/c1-3-7-27-18(13-30-4-2)25-20-21(27)16-12-15(5-6-17(16)24-22(20)23)31-14-19(28)26-8-10-32(29)11-9-26/h5-6,12H,3-4,7-11,13-14H2,1-2H3,(H2,23,24). The summed E-state index contributed by atoms with van der Waals surface area (Å²) in [7, 11) is -0.822. The van der Waals surface area contributed by atoms with E-state index in [1.807, 2.05) is 19.1 Å². The fraction of sp³-hybridized carbons (Fsp3) is 0.500. The van der Waals surface area contributed by atoms with Gasteiger partial charge in [0.25, 0.3) is 5.91 Å². The number of fused-ring (bicyclic) bond motifs is 3. The number of hydrogen-bond donors (Lipinski definition) is 1. The van der Waals surface area contributed by atoms with Crippen molar-refractivity contribution in [3.05, 3.63) is 24.0 Å². The minimum atomic E-state index is -0.822. The molecule has 0 spiro atoms. The van der Waals surface area contributed by atoms with Crippen molar-refractivity contribution in [2.75, 3.05) is 43.5 Å². The van der Waals surface area contributed by atoms with Crippen molar-refractivity contribution < 1.29 is 18.5 Å². The molecule has 1 fully saturated rings. The zero-order valence-corrected chi connectivity index (χ0v) is 19.3. The van der Waals surface area contributed by atoms with Crippen LogP contribution in [0.5, 0.6) is 5.75 Å². The van der Waals surface area contributed by atoms with E-state index in [1.165, 1.54) is 0 Å². The number of hydrogen-bond acceptors (Lipinski definition) is 7. The van der Waals surface area contributed by atoms with Crippen LogP contribution < -0.4 is 10.5 Å². The van der Waals surface area contributed by atoms with Crippen LogP contribution in [0.2, 0.25) is 0 Å². The van der Waals surface area contributed by atoms with Gasteiger partial charge in [-0.05, 0) is 31.5 Å². The Bertz CT molecular complexity index is 1150. The molecule has 0 saturated carbocycles. The van der Waals surface area contributed by atoms with Crippen molar-refractivity contribution in [1.29, 1.82) is 0 Å². The normalized spacial score (nSPS) is 15.0. The Kier molecular flexibility index (Phi) is 6.90. The maximum Gasteiger partial charge on any atom is 0.260 e. The Morgan fingerprint density at radius 2 is 2.00 bits per heavy atom. The van der Waals surface area contributed by atoms with Gasteiger partial charge in [0.1, 0.15) is 23.7 Å². The number of nitrogen functional groups attached to an aromatic ring is 1. The molecule has 0 unspecified atom stereocenters. The second-order valence-corrected chi connectivity index (χ2v) is 9.40. The summed E-state index contributed by atoms with van der Waals surface area (Å²) >= 11 is 0. The van der Waals surface area contributed by atoms with E-state index in [9.17, 15) is 9.00 Å². The predicted molar refractivity (Wildman–Crippen MR) is 125 cm³/mol. The molecule has 1 aromatic carbocycles. The Labute approximate surface area is 189 Å². The molecular weight excluding hydrogens is 430 g/mol. The van der Waals surface area contributed by atoms with Crippen LogP contribution in [0, 0.1) is 0 Å². The molecule has 32 heavy (non-hydrogen) atoms. The van der Waals surface area contributed by atoms with Crippen LogP contribution in [0.15, 0.2) is 18.2 Å². The van der Waals surface area contributed by atoms with Crippen molar-refractivity contribution in [2.45, 2.75) is 33.4 Å². The highest BCUT2D eigenvalue weighted by molar-refractivity contribution is 7.85. The van der Waals surface area contributed by atoms with Gasteiger partial charge < -0.3 is 24.7 Å². The minimum Gasteiger partial charge on any atom is -0.484 e. The van der Waals surface area contributed by atoms with Gasteiger partial charge in [-0.2, -0.15) is 0 Å². The van der Waals surface area contributed by atoms with Crippen LogP contribution in [-0.2, 0) is 33.5 Å². The van der Waals surface area contributed by atoms with E-state index < -0.39 is 10.8 Å². The van der Waals surface area contributed by atoms with Crippen molar-refractivity contribution in [2.24, 2.45) is 0 Å². The molecule has 1 amide bonds. The van der Waals surface area contributed by atoms with Crippen molar-refractivity contribution in [1.82, 2.24) is 19.4 Å². The Hall–Kier alpha value is -2.72. The monoisotopic (exact) mass is 459 g/mol. The third kappa shape index (κ3) is 4.56. The molecule has 10 heteroatoms. The number of carbonyl (C=O) groups excluding carboxylic acids is 1. The number of benzene rings is 1. The second-order valence-electron chi connectivity index (χ2n) is 7.71. The highest BCUT2D eigenvalue weighted by Crippen LogP contribution is 2.31. The van der Waals surface area contributed by atoms with Crippen molar-refractivity contribution in [3.8, 4) is 5.75 Å².